The average molecular weight is 368 g/mol. The Morgan fingerprint density at radius 3 is 2.81 bits per heavy atom. The van der Waals surface area contributed by atoms with E-state index in [1.54, 1.807) is 18.2 Å². The second kappa shape index (κ2) is 7.65. The molecule has 1 amide bonds. The summed E-state index contributed by atoms with van der Waals surface area (Å²) >= 11 is 0. The van der Waals surface area contributed by atoms with Gasteiger partial charge in [0.05, 0.1) is 34.8 Å². The molecule has 0 spiro atoms. The van der Waals surface area contributed by atoms with Crippen LogP contribution in [0.4, 0.5) is 11.4 Å². The number of anilines is 1. The van der Waals surface area contributed by atoms with Crippen LogP contribution in [0.25, 0.3) is 11.0 Å². The Morgan fingerprint density at radius 1 is 1.30 bits per heavy atom. The molecule has 1 aromatic heterocycles. The molecule has 0 aliphatic carbocycles. The molecule has 9 nitrogen and oxygen atoms in total. The van der Waals surface area contributed by atoms with Crippen LogP contribution in [0.15, 0.2) is 47.3 Å². The molecule has 0 saturated heterocycles. The minimum atomic E-state index is -0.550. The van der Waals surface area contributed by atoms with Gasteiger partial charge in [-0.1, -0.05) is 12.1 Å². The van der Waals surface area contributed by atoms with Gasteiger partial charge in [0.1, 0.15) is 11.4 Å². The number of benzene rings is 2. The van der Waals surface area contributed by atoms with Crippen LogP contribution < -0.4 is 15.6 Å². The van der Waals surface area contributed by atoms with Crippen molar-refractivity contribution in [1.29, 1.82) is 0 Å². The third-order valence-corrected chi connectivity index (χ3v) is 3.93. The Hall–Kier alpha value is -3.75. The van der Waals surface area contributed by atoms with Crippen LogP contribution in [0.3, 0.4) is 0 Å². The summed E-state index contributed by atoms with van der Waals surface area (Å²) in [5.41, 5.74) is 1.37. The largest absolute Gasteiger partial charge is 0.494 e. The number of methoxy groups -OCH3 is 1. The SMILES string of the molecule is COc1cc([N+](=O)[O-])ccc1NC(=O)CCc1nc2ccccc2[nH]c1=O. The number of hydrogen-bond acceptors (Lipinski definition) is 6. The molecule has 0 fully saturated rings. The summed E-state index contributed by atoms with van der Waals surface area (Å²) in [7, 11) is 1.35. The van der Waals surface area contributed by atoms with Gasteiger partial charge in [-0.05, 0) is 18.2 Å². The highest BCUT2D eigenvalue weighted by Crippen LogP contribution is 2.29. The van der Waals surface area contributed by atoms with E-state index in [4.69, 9.17) is 4.74 Å². The fraction of sp³-hybridized carbons (Fsp3) is 0.167. The fourth-order valence-electron chi connectivity index (χ4n) is 2.58. The molecule has 0 atom stereocenters. The van der Waals surface area contributed by atoms with Gasteiger partial charge in [-0.2, -0.15) is 0 Å². The molecule has 138 valence electrons. The van der Waals surface area contributed by atoms with Crippen molar-refractivity contribution in [3.05, 3.63) is 68.6 Å². The van der Waals surface area contributed by atoms with E-state index in [9.17, 15) is 19.7 Å². The second-order valence-corrected chi connectivity index (χ2v) is 5.72. The van der Waals surface area contributed by atoms with Crippen LogP contribution in [0.2, 0.25) is 0 Å². The maximum absolute atomic E-state index is 12.2. The van der Waals surface area contributed by atoms with Gasteiger partial charge in [0, 0.05) is 18.9 Å². The quantitative estimate of drug-likeness (QED) is 0.508. The van der Waals surface area contributed by atoms with Gasteiger partial charge in [-0.15, -0.1) is 0 Å². The number of para-hydroxylation sites is 2. The number of H-pyrrole nitrogens is 1. The highest BCUT2D eigenvalue weighted by molar-refractivity contribution is 5.92. The van der Waals surface area contributed by atoms with E-state index in [2.05, 4.69) is 15.3 Å². The van der Waals surface area contributed by atoms with Gasteiger partial charge in [-0.25, -0.2) is 4.98 Å². The van der Waals surface area contributed by atoms with E-state index in [1.807, 2.05) is 6.07 Å². The molecule has 0 aliphatic rings. The van der Waals surface area contributed by atoms with Crippen LogP contribution in [-0.2, 0) is 11.2 Å². The Bertz CT molecular complexity index is 1080. The Kier molecular flexibility index (Phi) is 5.11. The van der Waals surface area contributed by atoms with Crippen molar-refractivity contribution in [2.24, 2.45) is 0 Å². The first kappa shape index (κ1) is 18.1. The van der Waals surface area contributed by atoms with Crippen LogP contribution >= 0.6 is 0 Å². The average Bonchev–Trinajstić information content (AvgIpc) is 2.66. The van der Waals surface area contributed by atoms with Crippen LogP contribution in [0.1, 0.15) is 12.1 Å². The van der Waals surface area contributed by atoms with Crippen LogP contribution in [-0.4, -0.2) is 27.9 Å². The summed E-state index contributed by atoms with van der Waals surface area (Å²) in [5.74, 6) is -0.185. The van der Waals surface area contributed by atoms with Crippen LogP contribution in [0.5, 0.6) is 5.75 Å². The smallest absolute Gasteiger partial charge is 0.273 e. The number of carbonyl (C=O) groups excluding carboxylic acids is 1. The van der Waals surface area contributed by atoms with Crippen molar-refractivity contribution in [2.45, 2.75) is 12.8 Å². The first-order valence-electron chi connectivity index (χ1n) is 8.08. The number of nitro groups is 1. The normalized spacial score (nSPS) is 10.6. The molecule has 0 aliphatic heterocycles. The molecule has 27 heavy (non-hydrogen) atoms. The Labute approximate surface area is 153 Å². The summed E-state index contributed by atoms with van der Waals surface area (Å²) in [5, 5.41) is 13.4. The summed E-state index contributed by atoms with van der Waals surface area (Å²) in [4.78, 5) is 41.6. The summed E-state index contributed by atoms with van der Waals surface area (Å²) in [6, 6.07) is 11.0. The number of fused-ring (bicyclic) bond motifs is 1. The zero-order valence-corrected chi connectivity index (χ0v) is 14.4. The van der Waals surface area contributed by atoms with Gasteiger partial charge >= 0.3 is 0 Å². The van der Waals surface area contributed by atoms with Gasteiger partial charge in [-0.3, -0.25) is 19.7 Å². The van der Waals surface area contributed by atoms with Crippen molar-refractivity contribution in [3.63, 3.8) is 0 Å². The predicted molar refractivity (Wildman–Crippen MR) is 99.0 cm³/mol. The summed E-state index contributed by atoms with van der Waals surface area (Å²) in [6.45, 7) is 0. The zero-order valence-electron chi connectivity index (χ0n) is 14.4. The third kappa shape index (κ3) is 4.09. The van der Waals surface area contributed by atoms with Crippen molar-refractivity contribution in [1.82, 2.24) is 9.97 Å². The molecule has 3 rings (SSSR count). The number of rotatable bonds is 6. The highest BCUT2D eigenvalue weighted by Gasteiger charge is 2.14. The van der Waals surface area contributed by atoms with Crippen LogP contribution in [0, 0.1) is 10.1 Å². The lowest BCUT2D eigenvalue weighted by molar-refractivity contribution is -0.384. The maximum Gasteiger partial charge on any atom is 0.273 e. The van der Waals surface area contributed by atoms with Gasteiger partial charge in [0.25, 0.3) is 11.2 Å². The number of amides is 1. The number of nitrogens with one attached hydrogen (secondary N) is 2. The lowest BCUT2D eigenvalue weighted by Crippen LogP contribution is -2.19. The molecule has 0 saturated carbocycles. The minimum absolute atomic E-state index is 0.0224. The lowest BCUT2D eigenvalue weighted by atomic mass is 10.2. The van der Waals surface area contributed by atoms with E-state index in [-0.39, 0.29) is 41.4 Å². The number of nitro benzene ring substituents is 1. The molecule has 0 bridgehead atoms. The highest BCUT2D eigenvalue weighted by atomic mass is 16.6. The number of non-ortho nitro benzene ring substituents is 1. The molecular weight excluding hydrogens is 352 g/mol. The number of aryl methyl sites for hydroxylation is 1. The predicted octanol–water partition coefficient (Wildman–Crippen LogP) is 2.41. The topological polar surface area (TPSA) is 127 Å². The fourth-order valence-corrected chi connectivity index (χ4v) is 2.58. The minimum Gasteiger partial charge on any atom is -0.494 e. The van der Waals surface area contributed by atoms with Gasteiger partial charge in [0.2, 0.25) is 5.91 Å². The number of aromatic nitrogens is 2. The van der Waals surface area contributed by atoms with E-state index >= 15 is 0 Å². The molecule has 3 aromatic rings. The van der Waals surface area contributed by atoms with Crippen molar-refractivity contribution in [2.75, 3.05) is 12.4 Å². The number of carbonyl (C=O) groups is 1. The first-order valence-corrected chi connectivity index (χ1v) is 8.08. The van der Waals surface area contributed by atoms with E-state index in [0.717, 1.165) is 0 Å². The van der Waals surface area contributed by atoms with Crippen molar-refractivity contribution < 1.29 is 14.5 Å². The number of aromatic amines is 1. The molecule has 9 heteroatoms. The third-order valence-electron chi connectivity index (χ3n) is 3.93. The molecule has 0 unspecified atom stereocenters. The van der Waals surface area contributed by atoms with Gasteiger partial charge in [0.15, 0.2) is 0 Å². The summed E-state index contributed by atoms with van der Waals surface area (Å²) < 4.78 is 5.08. The number of hydrogen-bond donors (Lipinski definition) is 2. The molecule has 2 N–H and O–H groups in total. The summed E-state index contributed by atoms with van der Waals surface area (Å²) in [6.07, 6.45) is 0.176. The van der Waals surface area contributed by atoms with E-state index in [0.29, 0.717) is 16.7 Å². The Balaban J connectivity index is 1.71. The maximum atomic E-state index is 12.2. The molecule has 2 aromatic carbocycles. The zero-order chi connectivity index (χ0) is 19.4. The number of nitrogens with zero attached hydrogens (tertiary/aromatic N) is 2. The monoisotopic (exact) mass is 368 g/mol. The van der Waals surface area contributed by atoms with E-state index in [1.165, 1.54) is 25.3 Å². The molecule has 0 radical (unpaired) electrons. The molecule has 1 heterocycles. The van der Waals surface area contributed by atoms with E-state index < -0.39 is 4.92 Å². The number of ether oxygens (including phenoxy) is 1. The van der Waals surface area contributed by atoms with Crippen molar-refractivity contribution >= 4 is 28.3 Å². The second-order valence-electron chi connectivity index (χ2n) is 5.72. The van der Waals surface area contributed by atoms with Crippen molar-refractivity contribution in [3.8, 4) is 5.75 Å². The lowest BCUT2D eigenvalue weighted by Gasteiger charge is -2.10. The molecular formula is C18H16N4O5. The standard InChI is InChI=1S/C18H16N4O5/c1-27-16-10-11(22(25)26)6-7-14(16)20-17(23)9-8-15-18(24)21-13-5-3-2-4-12(13)19-15/h2-7,10H,8-9H2,1H3,(H,20,23)(H,21,24). The first-order chi connectivity index (χ1) is 13.0. The Morgan fingerprint density at radius 2 is 2.07 bits per heavy atom. The van der Waals surface area contributed by atoms with Gasteiger partial charge < -0.3 is 15.0 Å².